The lowest BCUT2D eigenvalue weighted by Crippen LogP contribution is -2.31. The number of anilines is 1. The maximum atomic E-state index is 5.26. The summed E-state index contributed by atoms with van der Waals surface area (Å²) in [5.41, 5.74) is 4.34. The first-order valence-electron chi connectivity index (χ1n) is 10.5. The lowest BCUT2D eigenvalue weighted by Gasteiger charge is -2.22. The predicted molar refractivity (Wildman–Crippen MR) is 118 cm³/mol. The Bertz CT molecular complexity index is 997. The molecule has 0 amide bonds. The van der Waals surface area contributed by atoms with E-state index in [0.29, 0.717) is 0 Å². The summed E-state index contributed by atoms with van der Waals surface area (Å²) < 4.78 is 7.17. The first-order chi connectivity index (χ1) is 14.5. The van der Waals surface area contributed by atoms with E-state index in [-0.39, 0.29) is 0 Å². The van der Waals surface area contributed by atoms with Gasteiger partial charge in [0.05, 0.1) is 12.8 Å². The van der Waals surface area contributed by atoms with Crippen molar-refractivity contribution in [2.45, 2.75) is 33.7 Å². The van der Waals surface area contributed by atoms with Gasteiger partial charge in [-0.15, -0.1) is 0 Å². The molecule has 4 rings (SSSR count). The van der Waals surface area contributed by atoms with Crippen LogP contribution >= 0.6 is 0 Å². The van der Waals surface area contributed by atoms with Crippen LogP contribution in [0.4, 0.5) is 5.95 Å². The molecule has 1 aliphatic heterocycles. The van der Waals surface area contributed by atoms with Crippen molar-refractivity contribution in [3.63, 3.8) is 0 Å². The average Bonchev–Trinajstić information content (AvgIpc) is 2.92. The molecule has 0 atom stereocenters. The summed E-state index contributed by atoms with van der Waals surface area (Å²) in [7, 11) is 1.70. The number of aromatic nitrogens is 4. The van der Waals surface area contributed by atoms with Crippen LogP contribution in [0.1, 0.15) is 29.1 Å². The zero-order valence-corrected chi connectivity index (χ0v) is 18.3. The predicted octanol–water partition coefficient (Wildman–Crippen LogP) is 3.31. The Labute approximate surface area is 178 Å². The van der Waals surface area contributed by atoms with Gasteiger partial charge < -0.3 is 9.64 Å². The number of nitrogens with zero attached hydrogens (tertiary/aromatic N) is 6. The Morgan fingerprint density at radius 2 is 1.70 bits per heavy atom. The van der Waals surface area contributed by atoms with Crippen LogP contribution in [0.2, 0.25) is 0 Å². The smallest absolute Gasteiger partial charge is 0.227 e. The van der Waals surface area contributed by atoms with Gasteiger partial charge >= 0.3 is 0 Å². The minimum Gasteiger partial charge on any atom is -0.497 e. The lowest BCUT2D eigenvalue weighted by atomic mass is 10.2. The van der Waals surface area contributed by atoms with Crippen molar-refractivity contribution in [2.75, 3.05) is 38.2 Å². The third-order valence-electron chi connectivity index (χ3n) is 5.49. The summed E-state index contributed by atoms with van der Waals surface area (Å²) >= 11 is 0. The Morgan fingerprint density at radius 1 is 0.900 bits per heavy atom. The third kappa shape index (κ3) is 4.62. The maximum Gasteiger partial charge on any atom is 0.227 e. The van der Waals surface area contributed by atoms with E-state index < -0.39 is 0 Å². The molecule has 0 N–H and O–H groups in total. The molecule has 0 spiro atoms. The van der Waals surface area contributed by atoms with Gasteiger partial charge in [-0.3, -0.25) is 4.90 Å². The molecule has 7 nitrogen and oxygen atoms in total. The summed E-state index contributed by atoms with van der Waals surface area (Å²) in [5, 5.41) is 4.59. The molecule has 7 heteroatoms. The summed E-state index contributed by atoms with van der Waals surface area (Å²) in [6.07, 6.45) is 1.09. The number of rotatable bonds is 5. The van der Waals surface area contributed by atoms with E-state index in [2.05, 4.69) is 40.0 Å². The summed E-state index contributed by atoms with van der Waals surface area (Å²) in [5.74, 6) is 2.53. The molecule has 1 saturated heterocycles. The molecule has 1 aromatic carbocycles. The van der Waals surface area contributed by atoms with Crippen LogP contribution in [-0.2, 0) is 6.54 Å². The van der Waals surface area contributed by atoms with Crippen molar-refractivity contribution in [2.24, 2.45) is 0 Å². The Hall–Kier alpha value is -2.93. The highest BCUT2D eigenvalue weighted by atomic mass is 16.5. The van der Waals surface area contributed by atoms with E-state index in [1.54, 1.807) is 7.11 Å². The molecule has 0 radical (unpaired) electrons. The second-order valence-corrected chi connectivity index (χ2v) is 7.97. The van der Waals surface area contributed by atoms with Gasteiger partial charge in [-0.1, -0.05) is 12.1 Å². The summed E-state index contributed by atoms with van der Waals surface area (Å²) in [6.45, 7) is 11.0. The number of methoxy groups -OCH3 is 1. The normalized spacial score (nSPS) is 15.3. The molecule has 2 aromatic heterocycles. The number of hydrogen-bond acceptors (Lipinski definition) is 6. The molecule has 0 unspecified atom stereocenters. The van der Waals surface area contributed by atoms with Gasteiger partial charge in [0, 0.05) is 50.2 Å². The fourth-order valence-electron chi connectivity index (χ4n) is 3.97. The van der Waals surface area contributed by atoms with Crippen LogP contribution in [0.15, 0.2) is 36.4 Å². The SMILES string of the molecule is COc1ccc(CN2CCCN(c3nc(C)cc(-n4nc(C)cc4C)n3)CC2)cc1. The van der Waals surface area contributed by atoms with Crippen LogP contribution in [0.25, 0.3) is 5.82 Å². The summed E-state index contributed by atoms with van der Waals surface area (Å²) in [6, 6.07) is 12.4. The molecule has 3 aromatic rings. The molecule has 0 saturated carbocycles. The quantitative estimate of drug-likeness (QED) is 0.648. The van der Waals surface area contributed by atoms with Gasteiger partial charge in [-0.05, 0) is 51.0 Å². The molecule has 1 aliphatic rings. The number of ether oxygens (including phenoxy) is 1. The zero-order valence-electron chi connectivity index (χ0n) is 18.3. The van der Waals surface area contributed by atoms with Gasteiger partial charge in [0.15, 0.2) is 5.82 Å². The molecule has 0 bridgehead atoms. The molecule has 30 heavy (non-hydrogen) atoms. The van der Waals surface area contributed by atoms with Crippen LogP contribution in [0, 0.1) is 20.8 Å². The van der Waals surface area contributed by atoms with Crippen molar-refractivity contribution < 1.29 is 4.74 Å². The monoisotopic (exact) mass is 406 g/mol. The van der Waals surface area contributed by atoms with Crippen LogP contribution < -0.4 is 9.64 Å². The highest BCUT2D eigenvalue weighted by molar-refractivity contribution is 5.38. The fraction of sp³-hybridized carbons (Fsp3) is 0.435. The Morgan fingerprint density at radius 3 is 2.40 bits per heavy atom. The van der Waals surface area contributed by atoms with Crippen LogP contribution in [0.3, 0.4) is 0 Å². The Balaban J connectivity index is 1.47. The third-order valence-corrected chi connectivity index (χ3v) is 5.49. The van der Waals surface area contributed by atoms with Gasteiger partial charge in [-0.25, -0.2) is 9.67 Å². The van der Waals surface area contributed by atoms with Crippen molar-refractivity contribution in [1.29, 1.82) is 0 Å². The van der Waals surface area contributed by atoms with E-state index in [9.17, 15) is 0 Å². The maximum absolute atomic E-state index is 5.26. The van der Waals surface area contributed by atoms with Crippen LogP contribution in [-0.4, -0.2) is 57.9 Å². The highest BCUT2D eigenvalue weighted by Crippen LogP contribution is 2.19. The first-order valence-corrected chi connectivity index (χ1v) is 10.5. The fourth-order valence-corrected chi connectivity index (χ4v) is 3.97. The van der Waals surface area contributed by atoms with Crippen molar-refractivity contribution in [1.82, 2.24) is 24.6 Å². The molecular formula is C23H30N6O. The van der Waals surface area contributed by atoms with Crippen molar-refractivity contribution in [3.8, 4) is 11.6 Å². The molecule has 0 aliphatic carbocycles. The second-order valence-electron chi connectivity index (χ2n) is 7.97. The van der Waals surface area contributed by atoms with E-state index in [4.69, 9.17) is 14.7 Å². The van der Waals surface area contributed by atoms with Crippen molar-refractivity contribution in [3.05, 3.63) is 59.0 Å². The van der Waals surface area contributed by atoms with Gasteiger partial charge in [0.1, 0.15) is 5.75 Å². The number of benzene rings is 1. The minimum atomic E-state index is 0.795. The minimum absolute atomic E-state index is 0.795. The van der Waals surface area contributed by atoms with E-state index in [1.165, 1.54) is 5.56 Å². The number of aryl methyl sites for hydroxylation is 3. The zero-order chi connectivity index (χ0) is 21.1. The van der Waals surface area contributed by atoms with Crippen molar-refractivity contribution >= 4 is 5.95 Å². The second kappa shape index (κ2) is 8.83. The van der Waals surface area contributed by atoms with E-state index in [1.807, 2.05) is 36.7 Å². The molecular weight excluding hydrogens is 376 g/mol. The molecule has 3 heterocycles. The van der Waals surface area contributed by atoms with E-state index in [0.717, 1.165) is 73.7 Å². The lowest BCUT2D eigenvalue weighted by molar-refractivity contribution is 0.285. The first kappa shape index (κ1) is 20.3. The summed E-state index contributed by atoms with van der Waals surface area (Å²) in [4.78, 5) is 14.4. The molecule has 158 valence electrons. The van der Waals surface area contributed by atoms with E-state index >= 15 is 0 Å². The average molecular weight is 407 g/mol. The number of hydrogen-bond donors (Lipinski definition) is 0. The van der Waals surface area contributed by atoms with Gasteiger partial charge in [0.2, 0.25) is 5.95 Å². The largest absolute Gasteiger partial charge is 0.497 e. The van der Waals surface area contributed by atoms with Crippen LogP contribution in [0.5, 0.6) is 5.75 Å². The van der Waals surface area contributed by atoms with Gasteiger partial charge in [-0.2, -0.15) is 10.1 Å². The highest BCUT2D eigenvalue weighted by Gasteiger charge is 2.19. The topological polar surface area (TPSA) is 59.3 Å². The standard InChI is InChI=1S/C23H30N6O/c1-17-15-22(29-19(3)14-18(2)26-29)25-23(24-17)28-11-5-10-27(12-13-28)16-20-6-8-21(30-4)9-7-20/h6-9,14-15H,5,10-13,16H2,1-4H3. The van der Waals surface area contributed by atoms with Gasteiger partial charge in [0.25, 0.3) is 0 Å². The molecule has 1 fully saturated rings. The Kier molecular flexibility index (Phi) is 5.99.